The molecule has 0 radical (unpaired) electrons. The summed E-state index contributed by atoms with van der Waals surface area (Å²) in [6, 6.07) is 12.2. The first-order valence-corrected chi connectivity index (χ1v) is 11.8. The van der Waals surface area contributed by atoms with Crippen molar-refractivity contribution in [2.45, 2.75) is 9.24 Å². The summed E-state index contributed by atoms with van der Waals surface area (Å²) in [6.07, 6.45) is 0. The Morgan fingerprint density at radius 1 is 1.17 bits per heavy atom. The lowest BCUT2D eigenvalue weighted by Gasteiger charge is -2.12. The highest BCUT2D eigenvalue weighted by atomic mass is 32.2. The van der Waals surface area contributed by atoms with Crippen LogP contribution in [0.5, 0.6) is 0 Å². The van der Waals surface area contributed by atoms with Crippen LogP contribution >= 0.6 is 23.1 Å². The molecule has 3 rings (SSSR count). The van der Waals surface area contributed by atoms with Crippen molar-refractivity contribution in [3.63, 3.8) is 0 Å². The molecule has 0 saturated heterocycles. The third-order valence-corrected chi connectivity index (χ3v) is 7.53. The Labute approximate surface area is 181 Å². The van der Waals surface area contributed by atoms with Crippen LogP contribution < -0.4 is 10.6 Å². The molecule has 12 heteroatoms. The molecule has 0 fully saturated rings. The summed E-state index contributed by atoms with van der Waals surface area (Å²) in [5.41, 5.74) is 0.665. The van der Waals surface area contributed by atoms with Gasteiger partial charge in [-0.1, -0.05) is 41.3 Å². The van der Waals surface area contributed by atoms with Gasteiger partial charge >= 0.3 is 0 Å². The van der Waals surface area contributed by atoms with Crippen LogP contribution in [0, 0.1) is 5.82 Å². The van der Waals surface area contributed by atoms with Gasteiger partial charge in [-0.15, -0.1) is 10.2 Å². The van der Waals surface area contributed by atoms with Crippen molar-refractivity contribution in [3.8, 4) is 0 Å². The molecule has 2 N–H and O–H groups in total. The van der Waals surface area contributed by atoms with E-state index in [2.05, 4.69) is 20.8 Å². The van der Waals surface area contributed by atoms with Gasteiger partial charge in [-0.25, -0.2) is 17.1 Å². The summed E-state index contributed by atoms with van der Waals surface area (Å²) in [5, 5.41) is 13.8. The van der Waals surface area contributed by atoms with E-state index in [1.807, 2.05) is 0 Å². The van der Waals surface area contributed by atoms with Crippen molar-refractivity contribution in [2.75, 3.05) is 30.5 Å². The summed E-state index contributed by atoms with van der Waals surface area (Å²) in [4.78, 5) is 12.3. The fourth-order valence-electron chi connectivity index (χ4n) is 2.27. The van der Waals surface area contributed by atoms with Crippen LogP contribution in [0.25, 0.3) is 0 Å². The van der Waals surface area contributed by atoms with E-state index in [0.29, 0.717) is 15.2 Å². The number of thioether (sulfide) groups is 1. The zero-order valence-corrected chi connectivity index (χ0v) is 18.4. The quantitative estimate of drug-likeness (QED) is 0.489. The number of anilines is 3. The van der Waals surface area contributed by atoms with E-state index in [1.54, 1.807) is 30.3 Å². The van der Waals surface area contributed by atoms with E-state index < -0.39 is 15.8 Å². The smallest absolute Gasteiger partial charge is 0.242 e. The van der Waals surface area contributed by atoms with Crippen LogP contribution in [-0.2, 0) is 14.8 Å². The van der Waals surface area contributed by atoms with Gasteiger partial charge in [0.2, 0.25) is 21.1 Å². The number of hydrogen-bond acceptors (Lipinski definition) is 8. The van der Waals surface area contributed by atoms with Crippen LogP contribution in [0.1, 0.15) is 0 Å². The molecule has 8 nitrogen and oxygen atoms in total. The molecule has 0 unspecified atom stereocenters. The fraction of sp³-hybridized carbons (Fsp3) is 0.167. The lowest BCUT2D eigenvalue weighted by atomic mass is 10.3. The fourth-order valence-corrected chi connectivity index (χ4v) is 4.78. The minimum absolute atomic E-state index is 0.0546. The number of hydrogen-bond donors (Lipinski definition) is 2. The molecule has 0 atom stereocenters. The number of carbonyl (C=O) groups excluding carboxylic acids is 1. The summed E-state index contributed by atoms with van der Waals surface area (Å²) in [6.45, 7) is 0. The molecule has 2 aromatic carbocycles. The second-order valence-corrected chi connectivity index (χ2v) is 10.5. The van der Waals surface area contributed by atoms with Gasteiger partial charge in [-0.2, -0.15) is 0 Å². The maximum Gasteiger partial charge on any atom is 0.242 e. The Bertz CT molecular complexity index is 1150. The van der Waals surface area contributed by atoms with Crippen molar-refractivity contribution in [1.82, 2.24) is 14.5 Å². The third kappa shape index (κ3) is 5.53. The van der Waals surface area contributed by atoms with Gasteiger partial charge in [-0.3, -0.25) is 4.79 Å². The molecular weight excluding hydrogens is 449 g/mol. The molecule has 0 bridgehead atoms. The van der Waals surface area contributed by atoms with Gasteiger partial charge in [0.15, 0.2) is 4.34 Å². The number of sulfonamides is 1. The van der Waals surface area contributed by atoms with Gasteiger partial charge in [0, 0.05) is 19.8 Å². The topological polar surface area (TPSA) is 104 Å². The van der Waals surface area contributed by atoms with Gasteiger partial charge in [0.25, 0.3) is 0 Å². The Kier molecular flexibility index (Phi) is 7.02. The summed E-state index contributed by atoms with van der Waals surface area (Å²) < 4.78 is 39.7. The minimum atomic E-state index is -3.59. The number of rotatable bonds is 8. The zero-order valence-electron chi connectivity index (χ0n) is 16.0. The molecule has 158 valence electrons. The van der Waals surface area contributed by atoms with Crippen molar-refractivity contribution in [2.24, 2.45) is 0 Å². The van der Waals surface area contributed by atoms with Gasteiger partial charge in [0.1, 0.15) is 5.82 Å². The van der Waals surface area contributed by atoms with Gasteiger partial charge in [0.05, 0.1) is 16.3 Å². The highest BCUT2D eigenvalue weighted by molar-refractivity contribution is 8.01. The first-order chi connectivity index (χ1) is 14.3. The Morgan fingerprint density at radius 2 is 1.93 bits per heavy atom. The second kappa shape index (κ2) is 9.51. The maximum absolute atomic E-state index is 13.7. The Balaban J connectivity index is 1.57. The van der Waals surface area contributed by atoms with Crippen LogP contribution in [0.15, 0.2) is 57.8 Å². The molecule has 0 spiro atoms. The third-order valence-electron chi connectivity index (χ3n) is 3.75. The lowest BCUT2D eigenvalue weighted by Crippen LogP contribution is -2.22. The average Bonchev–Trinajstić information content (AvgIpc) is 3.16. The maximum atomic E-state index is 13.7. The number of para-hydroxylation sites is 1. The van der Waals surface area contributed by atoms with Crippen molar-refractivity contribution < 1.29 is 17.6 Å². The summed E-state index contributed by atoms with van der Waals surface area (Å²) >= 11 is 2.36. The van der Waals surface area contributed by atoms with Crippen molar-refractivity contribution >= 4 is 55.5 Å². The number of amides is 1. The number of nitrogens with one attached hydrogen (secondary N) is 2. The van der Waals surface area contributed by atoms with Crippen LogP contribution in [0.3, 0.4) is 0 Å². The standard InChI is InChI=1S/C18H18FN5O3S3/c1-24(2)30(26,27)13-7-5-6-12(10-13)20-16(25)11-28-18-23-22-17(29-18)21-15-9-4-3-8-14(15)19/h3-10H,11H2,1-2H3,(H,20,25)(H,21,22). The Hall–Kier alpha value is -2.54. The lowest BCUT2D eigenvalue weighted by molar-refractivity contribution is -0.113. The largest absolute Gasteiger partial charge is 0.328 e. The summed E-state index contributed by atoms with van der Waals surface area (Å²) in [7, 11) is -0.712. The van der Waals surface area contributed by atoms with Crippen molar-refractivity contribution in [1.29, 1.82) is 0 Å². The van der Waals surface area contributed by atoms with Crippen molar-refractivity contribution in [3.05, 3.63) is 54.3 Å². The number of halogens is 1. The molecule has 0 aliphatic rings. The van der Waals surface area contributed by atoms with Crippen LogP contribution in [0.4, 0.5) is 20.9 Å². The summed E-state index contributed by atoms with van der Waals surface area (Å²) in [5.74, 6) is -0.670. The van der Waals surface area contributed by atoms with E-state index in [9.17, 15) is 17.6 Å². The van der Waals surface area contributed by atoms with Crippen LogP contribution in [0.2, 0.25) is 0 Å². The SMILES string of the molecule is CN(C)S(=O)(=O)c1cccc(NC(=O)CSc2nnc(Nc3ccccc3F)s2)c1. The first-order valence-electron chi connectivity index (χ1n) is 8.56. The van der Waals surface area contributed by atoms with Gasteiger partial charge < -0.3 is 10.6 Å². The molecule has 0 aliphatic heterocycles. The number of nitrogens with zero attached hydrogens (tertiary/aromatic N) is 3. The van der Waals surface area contributed by atoms with E-state index in [1.165, 1.54) is 55.4 Å². The highest BCUT2D eigenvalue weighted by Crippen LogP contribution is 2.28. The van der Waals surface area contributed by atoms with E-state index in [4.69, 9.17) is 0 Å². The second-order valence-electron chi connectivity index (χ2n) is 6.13. The predicted molar refractivity (Wildman–Crippen MR) is 116 cm³/mol. The van der Waals surface area contributed by atoms with E-state index in [0.717, 1.165) is 4.31 Å². The minimum Gasteiger partial charge on any atom is -0.328 e. The van der Waals surface area contributed by atoms with E-state index in [-0.39, 0.29) is 22.2 Å². The molecule has 1 amide bonds. The molecule has 30 heavy (non-hydrogen) atoms. The predicted octanol–water partition coefficient (Wildman–Crippen LogP) is 3.40. The normalized spacial score (nSPS) is 11.5. The average molecular weight is 468 g/mol. The molecule has 3 aromatic rings. The van der Waals surface area contributed by atoms with Gasteiger partial charge in [-0.05, 0) is 30.3 Å². The zero-order chi connectivity index (χ0) is 21.7. The number of benzene rings is 2. The molecule has 0 aliphatic carbocycles. The highest BCUT2D eigenvalue weighted by Gasteiger charge is 2.18. The molecule has 0 saturated carbocycles. The number of carbonyl (C=O) groups is 1. The molecule has 1 heterocycles. The molecule has 1 aromatic heterocycles. The molecular formula is C18H18FN5O3S3. The monoisotopic (exact) mass is 467 g/mol. The van der Waals surface area contributed by atoms with Crippen LogP contribution in [-0.4, -0.2) is 48.7 Å². The number of aromatic nitrogens is 2. The first kappa shape index (κ1) is 22.2. The Morgan fingerprint density at radius 3 is 2.67 bits per heavy atom. The van der Waals surface area contributed by atoms with E-state index >= 15 is 0 Å².